The van der Waals surface area contributed by atoms with E-state index in [1.165, 1.54) is 0 Å². The van der Waals surface area contributed by atoms with Crippen molar-refractivity contribution in [3.63, 3.8) is 0 Å². The maximum Gasteiger partial charge on any atom is 0.264 e. The lowest BCUT2D eigenvalue weighted by atomic mass is 10.2. The Labute approximate surface area is 111 Å². The van der Waals surface area contributed by atoms with Gasteiger partial charge in [-0.3, -0.25) is 9.59 Å². The van der Waals surface area contributed by atoms with Gasteiger partial charge in [0.2, 0.25) is 0 Å². The Morgan fingerprint density at radius 2 is 2.26 bits per heavy atom. The minimum absolute atomic E-state index is 0.0648. The van der Waals surface area contributed by atoms with Crippen LogP contribution in [0.15, 0.2) is 4.79 Å². The molecule has 0 radical (unpaired) electrons. The van der Waals surface area contributed by atoms with E-state index in [-0.39, 0.29) is 11.1 Å². The molecule has 1 aromatic rings. The van der Waals surface area contributed by atoms with Gasteiger partial charge in [-0.1, -0.05) is 0 Å². The van der Waals surface area contributed by atoms with Crippen LogP contribution in [0.1, 0.15) is 54.0 Å². The monoisotopic (exact) mass is 265 g/mol. The third kappa shape index (κ3) is 3.41. The number of nitrogens with zero attached hydrogens (tertiary/aromatic N) is 1. The predicted molar refractivity (Wildman–Crippen MR) is 70.2 cm³/mol. The first-order valence-electron chi connectivity index (χ1n) is 6.56. The van der Waals surface area contributed by atoms with Crippen LogP contribution in [0.3, 0.4) is 0 Å². The molecule has 1 atom stereocenters. The van der Waals surface area contributed by atoms with Crippen molar-refractivity contribution in [3.8, 4) is 0 Å². The largest absolute Gasteiger partial charge is 0.393 e. The molecule has 1 fully saturated rings. The molecule has 0 spiro atoms. The molecule has 0 bridgehead atoms. The van der Waals surface area contributed by atoms with Gasteiger partial charge in [-0.25, -0.2) is 4.98 Å². The summed E-state index contributed by atoms with van der Waals surface area (Å²) in [5, 5.41) is 11.7. The zero-order chi connectivity index (χ0) is 14.0. The maximum atomic E-state index is 11.9. The number of hydrogen-bond acceptors (Lipinski definition) is 4. The van der Waals surface area contributed by atoms with Crippen molar-refractivity contribution in [1.82, 2.24) is 15.3 Å². The molecule has 1 aromatic heterocycles. The summed E-state index contributed by atoms with van der Waals surface area (Å²) >= 11 is 0. The number of aliphatic hydroxyl groups is 1. The lowest BCUT2D eigenvalue weighted by molar-refractivity contribution is 0.0943. The average Bonchev–Trinajstić information content (AvgIpc) is 3.10. The van der Waals surface area contributed by atoms with Crippen molar-refractivity contribution in [2.45, 2.75) is 45.1 Å². The van der Waals surface area contributed by atoms with Gasteiger partial charge in [0.25, 0.3) is 11.5 Å². The Hall–Kier alpha value is -1.69. The number of carbonyl (C=O) groups is 1. The summed E-state index contributed by atoms with van der Waals surface area (Å²) in [7, 11) is 0. The molecule has 1 unspecified atom stereocenters. The van der Waals surface area contributed by atoms with E-state index in [2.05, 4.69) is 15.3 Å². The lowest BCUT2D eigenvalue weighted by Crippen LogP contribution is -2.33. The molecular formula is C13H19N3O3. The summed E-state index contributed by atoms with van der Waals surface area (Å²) < 4.78 is 0. The third-order valence-electron chi connectivity index (χ3n) is 3.16. The number of aromatic nitrogens is 2. The van der Waals surface area contributed by atoms with E-state index in [0.29, 0.717) is 30.4 Å². The van der Waals surface area contributed by atoms with Crippen LogP contribution in [0.2, 0.25) is 0 Å². The summed E-state index contributed by atoms with van der Waals surface area (Å²) in [6, 6.07) is 0. The fourth-order valence-electron chi connectivity index (χ4n) is 1.91. The SMILES string of the molecule is Cc1nc(C2CC2)[nH]c(=O)c1C(=O)NCCC(C)O. The minimum Gasteiger partial charge on any atom is -0.393 e. The van der Waals surface area contributed by atoms with E-state index in [4.69, 9.17) is 5.11 Å². The summed E-state index contributed by atoms with van der Waals surface area (Å²) in [6.07, 6.45) is 2.07. The summed E-state index contributed by atoms with van der Waals surface area (Å²) in [4.78, 5) is 30.8. The number of H-pyrrole nitrogens is 1. The molecule has 0 saturated heterocycles. The first-order valence-corrected chi connectivity index (χ1v) is 6.56. The van der Waals surface area contributed by atoms with Crippen LogP contribution in [0.5, 0.6) is 0 Å². The van der Waals surface area contributed by atoms with Gasteiger partial charge in [0, 0.05) is 12.5 Å². The molecular weight excluding hydrogens is 246 g/mol. The van der Waals surface area contributed by atoms with Crippen molar-refractivity contribution in [2.24, 2.45) is 0 Å². The van der Waals surface area contributed by atoms with E-state index in [0.717, 1.165) is 12.8 Å². The summed E-state index contributed by atoms with van der Waals surface area (Å²) in [5.41, 5.74) is 0.138. The van der Waals surface area contributed by atoms with Crippen molar-refractivity contribution in [3.05, 3.63) is 27.4 Å². The van der Waals surface area contributed by atoms with E-state index in [1.807, 2.05) is 0 Å². The first kappa shape index (κ1) is 13.7. The van der Waals surface area contributed by atoms with Crippen LogP contribution < -0.4 is 10.9 Å². The molecule has 1 aliphatic carbocycles. The number of aromatic amines is 1. The number of amides is 1. The molecule has 1 saturated carbocycles. The highest BCUT2D eigenvalue weighted by atomic mass is 16.3. The van der Waals surface area contributed by atoms with E-state index < -0.39 is 12.0 Å². The lowest BCUT2D eigenvalue weighted by Gasteiger charge is -2.08. The predicted octanol–water partition coefficient (Wildman–Crippen LogP) is 0.456. The Kier molecular flexibility index (Phi) is 3.99. The number of rotatable bonds is 5. The van der Waals surface area contributed by atoms with Gasteiger partial charge in [-0.05, 0) is 33.1 Å². The van der Waals surface area contributed by atoms with Crippen molar-refractivity contribution >= 4 is 5.91 Å². The van der Waals surface area contributed by atoms with Crippen LogP contribution >= 0.6 is 0 Å². The molecule has 1 amide bonds. The van der Waals surface area contributed by atoms with Gasteiger partial charge >= 0.3 is 0 Å². The van der Waals surface area contributed by atoms with Crippen molar-refractivity contribution in [1.29, 1.82) is 0 Å². The summed E-state index contributed by atoms with van der Waals surface area (Å²) in [5.74, 6) is 0.594. The Bertz CT molecular complexity index is 532. The second-order valence-electron chi connectivity index (χ2n) is 5.08. The molecule has 0 aromatic carbocycles. The minimum atomic E-state index is -0.477. The highest BCUT2D eigenvalue weighted by Crippen LogP contribution is 2.37. The Balaban J connectivity index is 2.10. The number of aryl methyl sites for hydroxylation is 1. The highest BCUT2D eigenvalue weighted by molar-refractivity contribution is 5.94. The quantitative estimate of drug-likeness (QED) is 0.720. The molecule has 1 heterocycles. The first-order chi connectivity index (χ1) is 8.99. The molecule has 6 heteroatoms. The third-order valence-corrected chi connectivity index (χ3v) is 3.16. The fourth-order valence-corrected chi connectivity index (χ4v) is 1.91. The maximum absolute atomic E-state index is 11.9. The smallest absolute Gasteiger partial charge is 0.264 e. The molecule has 19 heavy (non-hydrogen) atoms. The van der Waals surface area contributed by atoms with Crippen LogP contribution in [0, 0.1) is 6.92 Å². The van der Waals surface area contributed by atoms with Crippen LogP contribution in [0.4, 0.5) is 0 Å². The van der Waals surface area contributed by atoms with E-state index in [9.17, 15) is 9.59 Å². The second-order valence-corrected chi connectivity index (χ2v) is 5.08. The topological polar surface area (TPSA) is 95.1 Å². The number of nitrogens with one attached hydrogen (secondary N) is 2. The van der Waals surface area contributed by atoms with Crippen LogP contribution in [-0.4, -0.2) is 33.6 Å². The molecule has 104 valence electrons. The zero-order valence-corrected chi connectivity index (χ0v) is 11.2. The molecule has 0 aliphatic heterocycles. The molecule has 3 N–H and O–H groups in total. The van der Waals surface area contributed by atoms with Gasteiger partial charge in [0.05, 0.1) is 11.8 Å². The zero-order valence-electron chi connectivity index (χ0n) is 11.2. The van der Waals surface area contributed by atoms with Gasteiger partial charge in [0.1, 0.15) is 11.4 Å². The second kappa shape index (κ2) is 5.52. The van der Waals surface area contributed by atoms with Gasteiger partial charge in [-0.15, -0.1) is 0 Å². The Morgan fingerprint density at radius 3 is 2.79 bits per heavy atom. The highest BCUT2D eigenvalue weighted by Gasteiger charge is 2.27. The summed E-state index contributed by atoms with van der Waals surface area (Å²) in [6.45, 7) is 3.65. The standard InChI is InChI=1S/C13H19N3O3/c1-7(17)5-6-14-12(18)10-8(2)15-11(9-3-4-9)16-13(10)19/h7,9,17H,3-6H2,1-2H3,(H,14,18)(H,15,16,19). The average molecular weight is 265 g/mol. The fraction of sp³-hybridized carbons (Fsp3) is 0.615. The number of carbonyl (C=O) groups excluding carboxylic acids is 1. The molecule has 1 aliphatic rings. The van der Waals surface area contributed by atoms with Crippen LogP contribution in [0.25, 0.3) is 0 Å². The van der Waals surface area contributed by atoms with E-state index >= 15 is 0 Å². The molecule has 2 rings (SSSR count). The van der Waals surface area contributed by atoms with E-state index in [1.54, 1.807) is 13.8 Å². The van der Waals surface area contributed by atoms with Gasteiger partial charge in [-0.2, -0.15) is 0 Å². The number of aliphatic hydroxyl groups excluding tert-OH is 1. The van der Waals surface area contributed by atoms with Crippen molar-refractivity contribution in [2.75, 3.05) is 6.54 Å². The van der Waals surface area contributed by atoms with Gasteiger partial charge in [0.15, 0.2) is 0 Å². The van der Waals surface area contributed by atoms with Gasteiger partial charge < -0.3 is 15.4 Å². The van der Waals surface area contributed by atoms with Crippen LogP contribution in [-0.2, 0) is 0 Å². The Morgan fingerprint density at radius 1 is 1.58 bits per heavy atom. The number of hydrogen-bond donors (Lipinski definition) is 3. The molecule has 6 nitrogen and oxygen atoms in total. The normalized spacial score (nSPS) is 16.2. The van der Waals surface area contributed by atoms with Crippen molar-refractivity contribution < 1.29 is 9.90 Å².